The van der Waals surface area contributed by atoms with Gasteiger partial charge >= 0.3 is 0 Å². The highest BCUT2D eigenvalue weighted by atomic mass is 16.1. The molecule has 0 aliphatic carbocycles. The van der Waals surface area contributed by atoms with Crippen LogP contribution >= 0.6 is 0 Å². The molecule has 1 heterocycles. The van der Waals surface area contributed by atoms with Gasteiger partial charge in [0.05, 0.1) is 0 Å². The average molecular weight is 216 g/mol. The summed E-state index contributed by atoms with van der Waals surface area (Å²) in [6.45, 7) is 2.54. The van der Waals surface area contributed by atoms with E-state index in [-0.39, 0.29) is 11.7 Å². The molecular formula is C13H16N2O. The van der Waals surface area contributed by atoms with Crippen molar-refractivity contribution in [3.05, 3.63) is 36.0 Å². The van der Waals surface area contributed by atoms with Gasteiger partial charge in [-0.1, -0.05) is 25.1 Å². The maximum Gasteiger partial charge on any atom is 0.165 e. The Kier molecular flexibility index (Phi) is 3.06. The minimum atomic E-state index is 0.162. The Morgan fingerprint density at radius 2 is 2.19 bits per heavy atom. The maximum atomic E-state index is 12.0. The fourth-order valence-corrected chi connectivity index (χ4v) is 1.81. The summed E-state index contributed by atoms with van der Waals surface area (Å²) < 4.78 is 0. The Morgan fingerprint density at radius 1 is 1.44 bits per heavy atom. The summed E-state index contributed by atoms with van der Waals surface area (Å²) in [7, 11) is 0. The van der Waals surface area contributed by atoms with E-state index in [4.69, 9.17) is 5.73 Å². The predicted octanol–water partition coefficient (Wildman–Crippen LogP) is 2.34. The van der Waals surface area contributed by atoms with Crippen LogP contribution in [0.3, 0.4) is 0 Å². The molecule has 1 aromatic heterocycles. The van der Waals surface area contributed by atoms with Crippen molar-refractivity contribution in [3.63, 3.8) is 0 Å². The molecule has 3 heteroatoms. The standard InChI is InChI=1S/C13H16N2O/c1-9(7-14)6-13(16)11-8-15-12-5-3-2-4-10(11)12/h2-5,8-9,15H,6-7,14H2,1H3. The number of hydrogen-bond donors (Lipinski definition) is 2. The number of aromatic nitrogens is 1. The van der Waals surface area contributed by atoms with Crippen LogP contribution in [-0.4, -0.2) is 17.3 Å². The number of aromatic amines is 1. The first-order valence-electron chi connectivity index (χ1n) is 5.51. The normalized spacial score (nSPS) is 12.9. The second kappa shape index (κ2) is 4.49. The van der Waals surface area contributed by atoms with E-state index in [0.717, 1.165) is 16.5 Å². The van der Waals surface area contributed by atoms with Crippen molar-refractivity contribution in [2.75, 3.05) is 6.54 Å². The van der Waals surface area contributed by atoms with Gasteiger partial charge in [0.25, 0.3) is 0 Å². The minimum absolute atomic E-state index is 0.162. The molecule has 2 aromatic rings. The molecule has 0 saturated heterocycles. The van der Waals surface area contributed by atoms with Gasteiger partial charge in [0, 0.05) is 29.1 Å². The topological polar surface area (TPSA) is 58.9 Å². The van der Waals surface area contributed by atoms with E-state index >= 15 is 0 Å². The summed E-state index contributed by atoms with van der Waals surface area (Å²) in [6, 6.07) is 7.83. The number of fused-ring (bicyclic) bond motifs is 1. The number of para-hydroxylation sites is 1. The SMILES string of the molecule is CC(CN)CC(=O)c1c[nH]c2ccccc12. The van der Waals surface area contributed by atoms with E-state index in [0.29, 0.717) is 13.0 Å². The van der Waals surface area contributed by atoms with E-state index in [9.17, 15) is 4.79 Å². The Hall–Kier alpha value is -1.61. The van der Waals surface area contributed by atoms with E-state index in [1.54, 1.807) is 6.20 Å². The lowest BCUT2D eigenvalue weighted by Gasteiger charge is -2.05. The monoisotopic (exact) mass is 216 g/mol. The second-order valence-corrected chi connectivity index (χ2v) is 4.22. The molecule has 2 rings (SSSR count). The third-order valence-corrected chi connectivity index (χ3v) is 2.83. The number of ketones is 1. The van der Waals surface area contributed by atoms with E-state index in [1.165, 1.54) is 0 Å². The van der Waals surface area contributed by atoms with Crippen molar-refractivity contribution in [1.29, 1.82) is 0 Å². The fraction of sp³-hybridized carbons (Fsp3) is 0.308. The number of hydrogen-bond acceptors (Lipinski definition) is 2. The molecule has 0 amide bonds. The van der Waals surface area contributed by atoms with Crippen molar-refractivity contribution in [1.82, 2.24) is 4.98 Å². The molecule has 0 spiro atoms. The highest BCUT2D eigenvalue weighted by Crippen LogP contribution is 2.20. The maximum absolute atomic E-state index is 12.0. The van der Waals surface area contributed by atoms with Crippen molar-refractivity contribution in [3.8, 4) is 0 Å². The van der Waals surface area contributed by atoms with Crippen molar-refractivity contribution in [2.45, 2.75) is 13.3 Å². The number of rotatable bonds is 4. The third-order valence-electron chi connectivity index (χ3n) is 2.83. The average Bonchev–Trinajstić information content (AvgIpc) is 2.72. The summed E-state index contributed by atoms with van der Waals surface area (Å²) in [6.07, 6.45) is 2.30. The molecule has 1 atom stereocenters. The minimum Gasteiger partial charge on any atom is -0.360 e. The molecule has 16 heavy (non-hydrogen) atoms. The largest absolute Gasteiger partial charge is 0.360 e. The van der Waals surface area contributed by atoms with Gasteiger partial charge in [-0.2, -0.15) is 0 Å². The molecule has 0 aliphatic rings. The van der Waals surface area contributed by atoms with Crippen LogP contribution in [0.1, 0.15) is 23.7 Å². The molecule has 3 nitrogen and oxygen atoms in total. The van der Waals surface area contributed by atoms with Gasteiger partial charge in [0.2, 0.25) is 0 Å². The summed E-state index contributed by atoms with van der Waals surface area (Å²) in [5, 5.41) is 0.997. The van der Waals surface area contributed by atoms with Crippen molar-refractivity contribution in [2.24, 2.45) is 11.7 Å². The van der Waals surface area contributed by atoms with Gasteiger partial charge in [-0.25, -0.2) is 0 Å². The lowest BCUT2D eigenvalue weighted by Crippen LogP contribution is -2.15. The zero-order valence-electron chi connectivity index (χ0n) is 9.36. The molecule has 0 radical (unpaired) electrons. The first-order chi connectivity index (χ1) is 7.72. The zero-order chi connectivity index (χ0) is 11.5. The summed E-state index contributed by atoms with van der Waals surface area (Å²) in [4.78, 5) is 15.1. The predicted molar refractivity (Wildman–Crippen MR) is 65.5 cm³/mol. The number of nitrogens with one attached hydrogen (secondary N) is 1. The van der Waals surface area contributed by atoms with Gasteiger partial charge < -0.3 is 10.7 Å². The molecule has 0 bridgehead atoms. The third kappa shape index (κ3) is 1.99. The van der Waals surface area contributed by atoms with Gasteiger partial charge in [0.1, 0.15) is 0 Å². The van der Waals surface area contributed by atoms with Crippen LogP contribution in [0.5, 0.6) is 0 Å². The lowest BCUT2D eigenvalue weighted by atomic mass is 9.99. The highest BCUT2D eigenvalue weighted by Gasteiger charge is 2.13. The van der Waals surface area contributed by atoms with Gasteiger partial charge in [0.15, 0.2) is 5.78 Å². The number of carbonyl (C=O) groups is 1. The number of nitrogens with two attached hydrogens (primary N) is 1. The number of carbonyl (C=O) groups excluding carboxylic acids is 1. The second-order valence-electron chi connectivity index (χ2n) is 4.22. The Bertz CT molecular complexity index is 501. The first kappa shape index (κ1) is 10.9. The van der Waals surface area contributed by atoms with Crippen LogP contribution in [0, 0.1) is 5.92 Å². The van der Waals surface area contributed by atoms with Crippen LogP contribution in [-0.2, 0) is 0 Å². The smallest absolute Gasteiger partial charge is 0.165 e. The van der Waals surface area contributed by atoms with E-state index < -0.39 is 0 Å². The van der Waals surface area contributed by atoms with Crippen molar-refractivity contribution >= 4 is 16.7 Å². The van der Waals surface area contributed by atoms with E-state index in [1.807, 2.05) is 31.2 Å². The van der Waals surface area contributed by atoms with E-state index in [2.05, 4.69) is 4.98 Å². The van der Waals surface area contributed by atoms with Crippen molar-refractivity contribution < 1.29 is 4.79 Å². The highest BCUT2D eigenvalue weighted by molar-refractivity contribution is 6.07. The van der Waals surface area contributed by atoms with Gasteiger partial charge in [-0.3, -0.25) is 4.79 Å². The quantitative estimate of drug-likeness (QED) is 0.771. The molecule has 84 valence electrons. The van der Waals surface area contributed by atoms with Gasteiger partial charge in [-0.05, 0) is 18.5 Å². The molecular weight excluding hydrogens is 200 g/mol. The molecule has 3 N–H and O–H groups in total. The number of H-pyrrole nitrogens is 1. The van der Waals surface area contributed by atoms with Crippen LogP contribution < -0.4 is 5.73 Å². The zero-order valence-corrected chi connectivity index (χ0v) is 9.36. The molecule has 1 unspecified atom stereocenters. The van der Waals surface area contributed by atoms with Crippen LogP contribution in [0.25, 0.3) is 10.9 Å². The molecule has 0 fully saturated rings. The summed E-state index contributed by atoms with van der Waals surface area (Å²) in [5.41, 5.74) is 7.31. The Morgan fingerprint density at radius 3 is 2.94 bits per heavy atom. The molecule has 1 aromatic carbocycles. The Balaban J connectivity index is 2.30. The van der Waals surface area contributed by atoms with Gasteiger partial charge in [-0.15, -0.1) is 0 Å². The summed E-state index contributed by atoms with van der Waals surface area (Å²) in [5.74, 6) is 0.400. The Labute approximate surface area is 94.6 Å². The first-order valence-corrected chi connectivity index (χ1v) is 5.51. The molecule has 0 saturated carbocycles. The van der Waals surface area contributed by atoms with Crippen LogP contribution in [0.2, 0.25) is 0 Å². The molecule has 0 aliphatic heterocycles. The fourth-order valence-electron chi connectivity index (χ4n) is 1.81. The number of Topliss-reactive ketones (excluding diaryl/α,β-unsaturated/α-hetero) is 1. The lowest BCUT2D eigenvalue weighted by molar-refractivity contribution is 0.0967. The number of benzene rings is 1. The summed E-state index contributed by atoms with van der Waals surface area (Å²) >= 11 is 0. The van der Waals surface area contributed by atoms with Crippen LogP contribution in [0.15, 0.2) is 30.5 Å². The van der Waals surface area contributed by atoms with Crippen LogP contribution in [0.4, 0.5) is 0 Å².